The Morgan fingerprint density at radius 3 is 2.44 bits per heavy atom. The van der Waals surface area contributed by atoms with Crippen LogP contribution in [0.15, 0.2) is 71.1 Å². The van der Waals surface area contributed by atoms with Crippen molar-refractivity contribution in [2.75, 3.05) is 0 Å². The molecule has 1 atom stereocenters. The summed E-state index contributed by atoms with van der Waals surface area (Å²) in [4.78, 5) is 0.0758. The Morgan fingerprint density at radius 1 is 1.16 bits per heavy atom. The van der Waals surface area contributed by atoms with Gasteiger partial charge in [-0.1, -0.05) is 48.6 Å². The van der Waals surface area contributed by atoms with E-state index in [1.165, 1.54) is 12.1 Å². The molecule has 2 aromatic rings. The third-order valence-electron chi connectivity index (χ3n) is 3.37. The predicted octanol–water partition coefficient (Wildman–Crippen LogP) is 5.09. The topological polar surface area (TPSA) is 52.6 Å². The molecule has 0 amide bonds. The zero-order valence-electron chi connectivity index (χ0n) is 13.8. The molecule has 0 saturated heterocycles. The number of para-hydroxylation sites is 1. The summed E-state index contributed by atoms with van der Waals surface area (Å²) in [6, 6.07) is 11.9. The highest BCUT2D eigenvalue weighted by atomic mass is 79.9. The fraction of sp³-hybridized carbons (Fsp3) is 0.158. The zero-order chi connectivity index (χ0) is 18.4. The maximum absolute atomic E-state index is 12.5. The highest BCUT2D eigenvalue weighted by molar-refractivity contribution is 9.10. The first-order chi connectivity index (χ1) is 11.9. The summed E-state index contributed by atoms with van der Waals surface area (Å²) >= 11 is 3.40. The van der Waals surface area contributed by atoms with Gasteiger partial charge in [-0.15, -0.1) is 6.58 Å². The van der Waals surface area contributed by atoms with Gasteiger partial charge in [0, 0.05) is 12.0 Å². The summed E-state index contributed by atoms with van der Waals surface area (Å²) < 4.78 is 36.7. The maximum atomic E-state index is 12.5. The number of benzene rings is 2. The quantitative estimate of drug-likeness (QED) is 0.337. The first-order valence-corrected chi connectivity index (χ1v) is 9.76. The molecule has 0 saturated carbocycles. The van der Waals surface area contributed by atoms with Gasteiger partial charge in [-0.2, -0.15) is 8.42 Å². The molecule has 0 heterocycles. The number of halogens is 1. The molecule has 0 aliphatic carbocycles. The van der Waals surface area contributed by atoms with Crippen molar-refractivity contribution in [3.05, 3.63) is 77.3 Å². The Morgan fingerprint density at radius 2 is 1.84 bits per heavy atom. The van der Waals surface area contributed by atoms with E-state index in [1.807, 2.05) is 19.1 Å². The summed E-state index contributed by atoms with van der Waals surface area (Å²) in [7, 11) is -3.96. The van der Waals surface area contributed by atoms with Crippen LogP contribution in [0.2, 0.25) is 0 Å². The van der Waals surface area contributed by atoms with Gasteiger partial charge in [-0.05, 0) is 41.1 Å². The van der Waals surface area contributed by atoms with Crippen LogP contribution in [0.4, 0.5) is 0 Å². The molecule has 0 aromatic heterocycles. The fourth-order valence-electron chi connectivity index (χ4n) is 2.09. The highest BCUT2D eigenvalue weighted by Gasteiger charge is 2.23. The van der Waals surface area contributed by atoms with Gasteiger partial charge >= 0.3 is 0 Å². The number of hydrogen-bond acceptors (Lipinski definition) is 4. The van der Waals surface area contributed by atoms with Crippen LogP contribution in [0, 0.1) is 6.92 Å². The molecule has 2 rings (SSSR count). The van der Waals surface area contributed by atoms with Crippen LogP contribution in [-0.4, -0.2) is 14.7 Å². The summed E-state index contributed by atoms with van der Waals surface area (Å²) in [6.45, 7) is 9.25. The molecule has 0 aliphatic rings. The van der Waals surface area contributed by atoms with Crippen molar-refractivity contribution >= 4 is 32.1 Å². The summed E-state index contributed by atoms with van der Waals surface area (Å²) in [5, 5.41) is 0. The van der Waals surface area contributed by atoms with Crippen molar-refractivity contribution in [3.8, 4) is 5.75 Å². The van der Waals surface area contributed by atoms with Gasteiger partial charge in [0.15, 0.2) is 0 Å². The van der Waals surface area contributed by atoms with E-state index in [1.54, 1.807) is 30.4 Å². The second-order valence-electron chi connectivity index (χ2n) is 5.30. The minimum Gasteiger partial charge on any atom is -0.462 e. The van der Waals surface area contributed by atoms with Gasteiger partial charge in [0.05, 0.1) is 9.37 Å². The van der Waals surface area contributed by atoms with Crippen LogP contribution in [0.1, 0.15) is 17.5 Å². The van der Waals surface area contributed by atoms with Crippen molar-refractivity contribution < 1.29 is 17.3 Å². The Hall–Kier alpha value is -1.89. The predicted molar refractivity (Wildman–Crippen MR) is 103 cm³/mol. The first kappa shape index (κ1) is 19.4. The number of ether oxygens (including phenoxy) is 1. The Bertz CT molecular complexity index is 857. The molecular formula is C19H19BrO4S. The van der Waals surface area contributed by atoms with Crippen molar-refractivity contribution in [1.82, 2.24) is 0 Å². The van der Waals surface area contributed by atoms with Crippen LogP contribution in [-0.2, 0) is 14.3 Å². The lowest BCUT2D eigenvalue weighted by atomic mass is 10.2. The third kappa shape index (κ3) is 5.04. The average molecular weight is 423 g/mol. The minimum absolute atomic E-state index is 0.0758. The Balaban J connectivity index is 2.28. The number of aryl methyl sites for hydroxylation is 1. The Kier molecular flexibility index (Phi) is 6.58. The second-order valence-corrected chi connectivity index (χ2v) is 7.72. The smallest absolute Gasteiger partial charge is 0.300 e. The summed E-state index contributed by atoms with van der Waals surface area (Å²) in [5.41, 5.74) is 1.68. The average Bonchev–Trinajstić information content (AvgIpc) is 2.57. The van der Waals surface area contributed by atoms with Gasteiger partial charge in [-0.3, -0.25) is 0 Å². The molecule has 25 heavy (non-hydrogen) atoms. The van der Waals surface area contributed by atoms with Crippen LogP contribution in [0.25, 0.3) is 6.08 Å². The largest absolute Gasteiger partial charge is 0.462 e. The maximum Gasteiger partial charge on any atom is 0.300 e. The number of rotatable bonds is 8. The standard InChI is InChI=1S/C19H19BrO4S/c1-4-7-18(23-19-15(5-2)8-6-9-17(19)20)24-25(21,22)16-12-10-14(3)11-13-16/h4-6,8-13,18H,1-2,7H2,3H3. The lowest BCUT2D eigenvalue weighted by Crippen LogP contribution is -2.24. The van der Waals surface area contributed by atoms with E-state index < -0.39 is 16.4 Å². The van der Waals surface area contributed by atoms with Gasteiger partial charge in [0.1, 0.15) is 5.75 Å². The fourth-order valence-corrected chi connectivity index (χ4v) is 3.54. The zero-order valence-corrected chi connectivity index (χ0v) is 16.2. The van der Waals surface area contributed by atoms with E-state index in [2.05, 4.69) is 29.1 Å². The second kappa shape index (κ2) is 8.47. The van der Waals surface area contributed by atoms with Gasteiger partial charge in [0.2, 0.25) is 6.29 Å². The molecule has 0 fully saturated rings. The first-order valence-electron chi connectivity index (χ1n) is 7.56. The summed E-state index contributed by atoms with van der Waals surface area (Å²) in [6.07, 6.45) is 2.32. The van der Waals surface area contributed by atoms with Crippen LogP contribution >= 0.6 is 15.9 Å². The lowest BCUT2D eigenvalue weighted by molar-refractivity contribution is 0.0138. The van der Waals surface area contributed by atoms with Gasteiger partial charge < -0.3 is 4.74 Å². The third-order valence-corrected chi connectivity index (χ3v) is 5.31. The van der Waals surface area contributed by atoms with Crippen LogP contribution < -0.4 is 4.74 Å². The molecule has 1 unspecified atom stereocenters. The van der Waals surface area contributed by atoms with Gasteiger partial charge in [-0.25, -0.2) is 4.18 Å². The van der Waals surface area contributed by atoms with E-state index in [9.17, 15) is 8.42 Å². The normalized spacial score (nSPS) is 12.4. The highest BCUT2D eigenvalue weighted by Crippen LogP contribution is 2.32. The van der Waals surface area contributed by atoms with Crippen LogP contribution in [0.3, 0.4) is 0 Å². The van der Waals surface area contributed by atoms with E-state index >= 15 is 0 Å². The van der Waals surface area contributed by atoms with Gasteiger partial charge in [0.25, 0.3) is 10.1 Å². The Labute approximate surface area is 157 Å². The van der Waals surface area contributed by atoms with E-state index in [0.717, 1.165) is 11.1 Å². The SMILES string of the molecule is C=CCC(Oc1c(Br)cccc1C=C)OS(=O)(=O)c1ccc(C)cc1. The van der Waals surface area contributed by atoms with Crippen LogP contribution in [0.5, 0.6) is 5.75 Å². The van der Waals surface area contributed by atoms with E-state index in [-0.39, 0.29) is 11.3 Å². The number of hydrogen-bond donors (Lipinski definition) is 0. The molecule has 0 radical (unpaired) electrons. The molecule has 0 N–H and O–H groups in total. The minimum atomic E-state index is -3.96. The van der Waals surface area contributed by atoms with Crippen molar-refractivity contribution in [1.29, 1.82) is 0 Å². The summed E-state index contributed by atoms with van der Waals surface area (Å²) in [5.74, 6) is 0.462. The van der Waals surface area contributed by atoms with E-state index in [4.69, 9.17) is 8.92 Å². The lowest BCUT2D eigenvalue weighted by Gasteiger charge is -2.20. The molecular weight excluding hydrogens is 404 g/mol. The monoisotopic (exact) mass is 422 g/mol. The molecule has 0 spiro atoms. The van der Waals surface area contributed by atoms with Crippen molar-refractivity contribution in [2.24, 2.45) is 0 Å². The molecule has 132 valence electrons. The molecule has 0 bridgehead atoms. The van der Waals surface area contributed by atoms with Crippen molar-refractivity contribution in [2.45, 2.75) is 24.5 Å². The molecule has 4 nitrogen and oxygen atoms in total. The molecule has 2 aromatic carbocycles. The molecule has 6 heteroatoms. The van der Waals surface area contributed by atoms with E-state index in [0.29, 0.717) is 10.2 Å². The molecule has 0 aliphatic heterocycles. The van der Waals surface area contributed by atoms with Crippen molar-refractivity contribution in [3.63, 3.8) is 0 Å².